The SMILES string of the molecule is OCC#CCCCCCCc1cccc2cncn12. The molecular weight excluding hydrogens is 236 g/mol. The van der Waals surface area contributed by atoms with Crippen LogP contribution in [0.4, 0.5) is 0 Å². The summed E-state index contributed by atoms with van der Waals surface area (Å²) < 4.78 is 2.16. The number of aryl methyl sites for hydroxylation is 1. The lowest BCUT2D eigenvalue weighted by Gasteiger charge is -2.05. The number of hydrogen-bond donors (Lipinski definition) is 1. The summed E-state index contributed by atoms with van der Waals surface area (Å²) in [6.07, 6.45) is 10.5. The van der Waals surface area contributed by atoms with Crippen molar-refractivity contribution < 1.29 is 5.11 Å². The molecule has 0 saturated heterocycles. The molecule has 100 valence electrons. The Morgan fingerprint density at radius 1 is 1.11 bits per heavy atom. The molecule has 2 aromatic rings. The van der Waals surface area contributed by atoms with Crippen LogP contribution in [0.25, 0.3) is 5.52 Å². The first-order valence-corrected chi connectivity index (χ1v) is 6.88. The lowest BCUT2D eigenvalue weighted by atomic mass is 10.1. The monoisotopic (exact) mass is 256 g/mol. The second kappa shape index (κ2) is 7.60. The number of unbranched alkanes of at least 4 members (excludes halogenated alkanes) is 4. The van der Waals surface area contributed by atoms with E-state index in [-0.39, 0.29) is 6.61 Å². The highest BCUT2D eigenvalue weighted by molar-refractivity contribution is 5.45. The minimum atomic E-state index is -0.0189. The summed E-state index contributed by atoms with van der Waals surface area (Å²) in [5, 5.41) is 8.52. The van der Waals surface area contributed by atoms with Crippen LogP contribution in [0.15, 0.2) is 30.7 Å². The number of fused-ring (bicyclic) bond motifs is 1. The van der Waals surface area contributed by atoms with Crippen molar-refractivity contribution in [3.8, 4) is 11.8 Å². The zero-order valence-electron chi connectivity index (χ0n) is 11.2. The van der Waals surface area contributed by atoms with Gasteiger partial charge in [-0.25, -0.2) is 4.98 Å². The molecule has 0 radical (unpaired) electrons. The molecule has 0 saturated carbocycles. The standard InChI is InChI=1S/C16H20N2O/c19-12-7-5-3-1-2-4-6-9-15-10-8-11-16-13-17-14-18(15)16/h8,10-11,13-14,19H,1-4,6,9,12H2. The van der Waals surface area contributed by atoms with Gasteiger partial charge >= 0.3 is 0 Å². The van der Waals surface area contributed by atoms with Crippen molar-refractivity contribution >= 4 is 5.52 Å². The van der Waals surface area contributed by atoms with E-state index in [4.69, 9.17) is 5.11 Å². The van der Waals surface area contributed by atoms with Crippen molar-refractivity contribution in [3.05, 3.63) is 36.4 Å². The molecule has 0 aliphatic heterocycles. The van der Waals surface area contributed by atoms with E-state index in [0.717, 1.165) is 24.8 Å². The quantitative estimate of drug-likeness (QED) is 0.637. The van der Waals surface area contributed by atoms with Gasteiger partial charge < -0.3 is 9.51 Å². The van der Waals surface area contributed by atoms with Gasteiger partial charge in [-0.05, 0) is 31.4 Å². The predicted molar refractivity (Wildman–Crippen MR) is 76.8 cm³/mol. The van der Waals surface area contributed by atoms with Gasteiger partial charge in [-0.2, -0.15) is 0 Å². The number of aliphatic hydroxyl groups is 1. The van der Waals surface area contributed by atoms with Crippen molar-refractivity contribution in [1.82, 2.24) is 9.38 Å². The van der Waals surface area contributed by atoms with Crippen LogP contribution in [0.1, 0.15) is 37.8 Å². The fourth-order valence-corrected chi connectivity index (χ4v) is 2.23. The second-order valence-electron chi connectivity index (χ2n) is 4.63. The molecule has 19 heavy (non-hydrogen) atoms. The Bertz CT molecular complexity index is 563. The number of nitrogens with zero attached hydrogens (tertiary/aromatic N) is 2. The summed E-state index contributed by atoms with van der Waals surface area (Å²) >= 11 is 0. The van der Waals surface area contributed by atoms with Gasteiger partial charge in [0.2, 0.25) is 0 Å². The van der Waals surface area contributed by atoms with Gasteiger partial charge in [0.25, 0.3) is 0 Å². The molecule has 2 aromatic heterocycles. The molecule has 0 amide bonds. The Kier molecular flexibility index (Phi) is 5.46. The molecule has 0 aromatic carbocycles. The first kappa shape index (κ1) is 13.6. The Balaban J connectivity index is 1.70. The number of aliphatic hydroxyl groups excluding tert-OH is 1. The lowest BCUT2D eigenvalue weighted by Crippen LogP contribution is -1.95. The van der Waals surface area contributed by atoms with E-state index in [1.165, 1.54) is 25.0 Å². The number of pyridine rings is 1. The zero-order chi connectivity index (χ0) is 13.3. The summed E-state index contributed by atoms with van der Waals surface area (Å²) in [5.74, 6) is 5.63. The minimum Gasteiger partial charge on any atom is -0.384 e. The third-order valence-electron chi connectivity index (χ3n) is 3.22. The van der Waals surface area contributed by atoms with Crippen LogP contribution in [0, 0.1) is 11.8 Å². The van der Waals surface area contributed by atoms with Crippen LogP contribution in [-0.2, 0) is 6.42 Å². The molecule has 0 aliphatic carbocycles. The smallest absolute Gasteiger partial charge is 0.104 e. The van der Waals surface area contributed by atoms with E-state index in [1.807, 2.05) is 12.5 Å². The summed E-state index contributed by atoms with van der Waals surface area (Å²) in [4.78, 5) is 4.18. The van der Waals surface area contributed by atoms with Crippen LogP contribution in [-0.4, -0.2) is 21.1 Å². The van der Waals surface area contributed by atoms with Crippen LogP contribution < -0.4 is 0 Å². The van der Waals surface area contributed by atoms with Gasteiger partial charge in [0.1, 0.15) is 6.61 Å². The molecule has 2 rings (SSSR count). The zero-order valence-corrected chi connectivity index (χ0v) is 11.2. The maximum atomic E-state index is 8.52. The Hall–Kier alpha value is -1.79. The van der Waals surface area contributed by atoms with Crippen LogP contribution in [0.3, 0.4) is 0 Å². The van der Waals surface area contributed by atoms with Gasteiger partial charge in [-0.3, -0.25) is 0 Å². The summed E-state index contributed by atoms with van der Waals surface area (Å²) in [7, 11) is 0. The molecule has 2 heterocycles. The van der Waals surface area contributed by atoms with E-state index in [9.17, 15) is 0 Å². The van der Waals surface area contributed by atoms with E-state index in [2.05, 4.69) is 39.4 Å². The summed E-state index contributed by atoms with van der Waals surface area (Å²) in [5.41, 5.74) is 2.49. The van der Waals surface area contributed by atoms with Crippen LogP contribution >= 0.6 is 0 Å². The molecular formula is C16H20N2O. The normalized spacial score (nSPS) is 10.4. The van der Waals surface area contributed by atoms with Crippen molar-refractivity contribution in [3.63, 3.8) is 0 Å². The molecule has 0 spiro atoms. The summed E-state index contributed by atoms with van der Waals surface area (Å²) in [6.45, 7) is -0.0189. The number of aromatic nitrogens is 2. The van der Waals surface area contributed by atoms with Gasteiger partial charge in [-0.15, -0.1) is 5.92 Å². The van der Waals surface area contributed by atoms with E-state index >= 15 is 0 Å². The maximum absolute atomic E-state index is 8.52. The maximum Gasteiger partial charge on any atom is 0.104 e. The average Bonchev–Trinajstić information content (AvgIpc) is 2.91. The molecule has 0 unspecified atom stereocenters. The fourth-order valence-electron chi connectivity index (χ4n) is 2.23. The van der Waals surface area contributed by atoms with Crippen molar-refractivity contribution in [2.75, 3.05) is 6.61 Å². The van der Waals surface area contributed by atoms with Crippen LogP contribution in [0.5, 0.6) is 0 Å². The minimum absolute atomic E-state index is 0.0189. The predicted octanol–water partition coefficient (Wildman–Crippen LogP) is 2.82. The van der Waals surface area contributed by atoms with Gasteiger partial charge in [0, 0.05) is 12.1 Å². The highest BCUT2D eigenvalue weighted by atomic mass is 16.2. The van der Waals surface area contributed by atoms with Crippen LogP contribution in [0.2, 0.25) is 0 Å². The van der Waals surface area contributed by atoms with E-state index in [1.54, 1.807) is 0 Å². The van der Waals surface area contributed by atoms with Crippen molar-refractivity contribution in [2.45, 2.75) is 38.5 Å². The van der Waals surface area contributed by atoms with Gasteiger partial charge in [0.15, 0.2) is 0 Å². The van der Waals surface area contributed by atoms with Crippen molar-refractivity contribution in [1.29, 1.82) is 0 Å². The first-order chi connectivity index (χ1) is 9.42. The number of hydrogen-bond acceptors (Lipinski definition) is 2. The number of rotatable bonds is 6. The Labute approximate surface area is 114 Å². The average molecular weight is 256 g/mol. The molecule has 0 atom stereocenters. The fraction of sp³-hybridized carbons (Fsp3) is 0.438. The highest BCUT2D eigenvalue weighted by Crippen LogP contribution is 2.11. The third-order valence-corrected chi connectivity index (χ3v) is 3.22. The van der Waals surface area contributed by atoms with E-state index in [0.29, 0.717) is 0 Å². The Morgan fingerprint density at radius 3 is 2.89 bits per heavy atom. The lowest BCUT2D eigenvalue weighted by molar-refractivity contribution is 0.350. The van der Waals surface area contributed by atoms with Gasteiger partial charge in [0.05, 0.1) is 18.0 Å². The molecule has 3 nitrogen and oxygen atoms in total. The molecule has 3 heteroatoms. The number of imidazole rings is 1. The largest absolute Gasteiger partial charge is 0.384 e. The topological polar surface area (TPSA) is 37.5 Å². The second-order valence-corrected chi connectivity index (χ2v) is 4.63. The summed E-state index contributed by atoms with van der Waals surface area (Å²) in [6, 6.07) is 6.34. The molecule has 0 aliphatic rings. The van der Waals surface area contributed by atoms with Crippen molar-refractivity contribution in [2.24, 2.45) is 0 Å². The molecule has 1 N–H and O–H groups in total. The Morgan fingerprint density at radius 2 is 2.00 bits per heavy atom. The first-order valence-electron chi connectivity index (χ1n) is 6.88. The molecule has 0 fully saturated rings. The third kappa shape index (κ3) is 4.11. The molecule has 0 bridgehead atoms. The van der Waals surface area contributed by atoms with Gasteiger partial charge in [-0.1, -0.05) is 24.8 Å². The van der Waals surface area contributed by atoms with E-state index < -0.39 is 0 Å². The highest BCUT2D eigenvalue weighted by Gasteiger charge is 1.99.